The third-order valence-electron chi connectivity index (χ3n) is 2.66. The highest BCUT2D eigenvalue weighted by Gasteiger charge is 2.08. The van der Waals surface area contributed by atoms with Crippen molar-refractivity contribution < 1.29 is 19.4 Å². The Morgan fingerprint density at radius 3 is 2.76 bits per heavy atom. The molecule has 4 nitrogen and oxygen atoms in total. The predicted octanol–water partition coefficient (Wildman–Crippen LogP) is 3.82. The van der Waals surface area contributed by atoms with Crippen LogP contribution in [0.3, 0.4) is 0 Å². The number of benzene rings is 1. The van der Waals surface area contributed by atoms with Gasteiger partial charge >= 0.3 is 5.97 Å². The smallest absolute Gasteiger partial charge is 0.345 e. The Morgan fingerprint density at radius 1 is 1.33 bits per heavy atom. The molecule has 0 spiro atoms. The second-order valence-corrected chi connectivity index (χ2v) is 6.28. The largest absolute Gasteiger partial charge is 0.492 e. The summed E-state index contributed by atoms with van der Waals surface area (Å²) in [5.74, 6) is 0.338. The van der Waals surface area contributed by atoms with Gasteiger partial charge in [-0.2, -0.15) is 0 Å². The lowest BCUT2D eigenvalue weighted by Crippen LogP contribution is -2.04. The Hall–Kier alpha value is -1.79. The zero-order chi connectivity index (χ0) is 15.2. The highest BCUT2D eigenvalue weighted by Crippen LogP contribution is 2.25. The molecule has 110 valence electrons. The molecule has 1 heterocycles. The second-order valence-electron chi connectivity index (χ2n) is 4.20. The van der Waals surface area contributed by atoms with E-state index in [-0.39, 0.29) is 5.78 Å². The van der Waals surface area contributed by atoms with E-state index in [1.54, 1.807) is 24.3 Å². The number of Topliss-reactive ketones (excluding diaryl/α,β-unsaturated/α-hetero) is 1. The number of para-hydroxylation sites is 1. The van der Waals surface area contributed by atoms with Crippen LogP contribution in [0, 0.1) is 0 Å². The molecule has 0 radical (unpaired) electrons. The predicted molar refractivity (Wildman–Crippen MR) is 83.9 cm³/mol. The van der Waals surface area contributed by atoms with Crippen molar-refractivity contribution in [2.24, 2.45) is 0 Å². The molecule has 0 atom stereocenters. The van der Waals surface area contributed by atoms with E-state index in [0.717, 1.165) is 4.90 Å². The quantitative estimate of drug-likeness (QED) is 0.477. The van der Waals surface area contributed by atoms with Crippen molar-refractivity contribution >= 4 is 34.9 Å². The fourth-order valence-corrected chi connectivity index (χ4v) is 3.40. The van der Waals surface area contributed by atoms with Crippen molar-refractivity contribution in [3.05, 3.63) is 46.2 Å². The number of carboxylic acid groups (broad SMARTS) is 1. The van der Waals surface area contributed by atoms with Gasteiger partial charge in [0.1, 0.15) is 10.6 Å². The van der Waals surface area contributed by atoms with Gasteiger partial charge in [-0.05, 0) is 25.1 Å². The molecule has 1 aromatic carbocycles. The van der Waals surface area contributed by atoms with Crippen molar-refractivity contribution in [3.63, 3.8) is 0 Å². The van der Waals surface area contributed by atoms with E-state index in [9.17, 15) is 9.59 Å². The van der Waals surface area contributed by atoms with Crippen LogP contribution in [0.25, 0.3) is 0 Å². The number of hydrogen-bond acceptors (Lipinski definition) is 5. The molecule has 0 amide bonds. The monoisotopic (exact) mass is 322 g/mol. The van der Waals surface area contributed by atoms with E-state index < -0.39 is 5.97 Å². The van der Waals surface area contributed by atoms with Crippen LogP contribution in [0.1, 0.15) is 27.0 Å². The molecular formula is C15H14O4S2. The number of aromatic carboxylic acids is 1. The maximum atomic E-state index is 11.4. The number of carboxylic acids is 1. The third-order valence-corrected chi connectivity index (χ3v) is 4.67. The summed E-state index contributed by atoms with van der Waals surface area (Å²) in [5.41, 5.74) is 0.575. The van der Waals surface area contributed by atoms with Gasteiger partial charge in [0.2, 0.25) is 0 Å². The van der Waals surface area contributed by atoms with Gasteiger partial charge in [-0.3, -0.25) is 4.79 Å². The summed E-state index contributed by atoms with van der Waals surface area (Å²) in [6.07, 6.45) is 0. The number of thioether (sulfide) groups is 1. The Morgan fingerprint density at radius 2 is 2.10 bits per heavy atom. The fourth-order valence-electron chi connectivity index (χ4n) is 1.70. The second kappa shape index (κ2) is 7.28. The Balaban J connectivity index is 1.84. The molecule has 1 aromatic heterocycles. The molecule has 1 N–H and O–H groups in total. The molecule has 0 aliphatic carbocycles. The first-order valence-corrected chi connectivity index (χ1v) is 8.12. The number of rotatable bonds is 7. The standard InChI is InChI=1S/C15H14O4S2/c1-10(16)12-4-2-3-5-13(12)19-6-7-20-11-8-14(15(17)18)21-9-11/h2-5,8-9H,6-7H2,1H3,(H,17,18). The molecule has 0 saturated heterocycles. The van der Waals surface area contributed by atoms with Gasteiger partial charge in [0.25, 0.3) is 0 Å². The van der Waals surface area contributed by atoms with E-state index in [1.165, 1.54) is 30.0 Å². The number of carbonyl (C=O) groups is 2. The fraction of sp³-hybridized carbons (Fsp3) is 0.200. The number of ether oxygens (including phenoxy) is 1. The molecule has 0 fully saturated rings. The summed E-state index contributed by atoms with van der Waals surface area (Å²) in [5, 5.41) is 10.7. The highest BCUT2D eigenvalue weighted by atomic mass is 32.2. The van der Waals surface area contributed by atoms with Gasteiger partial charge < -0.3 is 9.84 Å². The number of ketones is 1. The molecule has 2 rings (SSSR count). The molecule has 0 unspecified atom stereocenters. The van der Waals surface area contributed by atoms with Crippen LogP contribution < -0.4 is 4.74 Å². The molecule has 21 heavy (non-hydrogen) atoms. The first-order chi connectivity index (χ1) is 10.1. The van der Waals surface area contributed by atoms with E-state index in [1.807, 2.05) is 11.4 Å². The van der Waals surface area contributed by atoms with E-state index in [2.05, 4.69) is 0 Å². The van der Waals surface area contributed by atoms with Gasteiger partial charge in [0, 0.05) is 16.0 Å². The molecule has 0 saturated carbocycles. The minimum absolute atomic E-state index is 0.0258. The zero-order valence-electron chi connectivity index (χ0n) is 11.4. The van der Waals surface area contributed by atoms with Crippen LogP contribution in [0.5, 0.6) is 5.75 Å². The van der Waals surface area contributed by atoms with E-state index in [0.29, 0.717) is 28.5 Å². The van der Waals surface area contributed by atoms with E-state index in [4.69, 9.17) is 9.84 Å². The van der Waals surface area contributed by atoms with Crippen LogP contribution in [0.4, 0.5) is 0 Å². The summed E-state index contributed by atoms with van der Waals surface area (Å²) in [7, 11) is 0. The summed E-state index contributed by atoms with van der Waals surface area (Å²) in [6.45, 7) is 1.96. The molecule has 2 aromatic rings. The average Bonchev–Trinajstić information content (AvgIpc) is 2.93. The minimum Gasteiger partial charge on any atom is -0.492 e. The summed E-state index contributed by atoms with van der Waals surface area (Å²) in [4.78, 5) is 23.5. The lowest BCUT2D eigenvalue weighted by Gasteiger charge is -2.08. The van der Waals surface area contributed by atoms with Crippen LogP contribution in [0.15, 0.2) is 40.6 Å². The lowest BCUT2D eigenvalue weighted by atomic mass is 10.1. The summed E-state index contributed by atoms with van der Waals surface area (Å²) < 4.78 is 5.62. The van der Waals surface area contributed by atoms with Gasteiger partial charge in [0.05, 0.1) is 12.2 Å². The van der Waals surface area contributed by atoms with Gasteiger partial charge in [-0.15, -0.1) is 23.1 Å². The topological polar surface area (TPSA) is 63.6 Å². The highest BCUT2D eigenvalue weighted by molar-refractivity contribution is 7.99. The maximum absolute atomic E-state index is 11.4. The normalized spacial score (nSPS) is 10.3. The first kappa shape index (κ1) is 15.6. The molecule has 0 aliphatic heterocycles. The SMILES string of the molecule is CC(=O)c1ccccc1OCCSc1csc(C(=O)O)c1. The number of hydrogen-bond donors (Lipinski definition) is 1. The van der Waals surface area contributed by atoms with Gasteiger partial charge in [-0.1, -0.05) is 12.1 Å². The van der Waals surface area contributed by atoms with Crippen molar-refractivity contribution in [1.29, 1.82) is 0 Å². The van der Waals surface area contributed by atoms with Crippen LogP contribution in [-0.4, -0.2) is 29.2 Å². The molecule has 0 aliphatic rings. The summed E-state index contributed by atoms with van der Waals surface area (Å²) >= 11 is 2.74. The van der Waals surface area contributed by atoms with Gasteiger partial charge in [-0.25, -0.2) is 4.79 Å². The zero-order valence-corrected chi connectivity index (χ0v) is 13.0. The number of thiophene rings is 1. The molecule has 6 heteroatoms. The van der Waals surface area contributed by atoms with Crippen molar-refractivity contribution in [2.45, 2.75) is 11.8 Å². The van der Waals surface area contributed by atoms with E-state index >= 15 is 0 Å². The summed E-state index contributed by atoms with van der Waals surface area (Å²) in [6, 6.07) is 8.79. The van der Waals surface area contributed by atoms with Crippen molar-refractivity contribution in [3.8, 4) is 5.75 Å². The molecular weight excluding hydrogens is 308 g/mol. The lowest BCUT2D eigenvalue weighted by molar-refractivity contribution is 0.0701. The van der Waals surface area contributed by atoms with Crippen LogP contribution >= 0.6 is 23.1 Å². The van der Waals surface area contributed by atoms with Crippen LogP contribution in [0.2, 0.25) is 0 Å². The van der Waals surface area contributed by atoms with Crippen LogP contribution in [-0.2, 0) is 0 Å². The first-order valence-electron chi connectivity index (χ1n) is 6.25. The van der Waals surface area contributed by atoms with Crippen molar-refractivity contribution in [1.82, 2.24) is 0 Å². The average molecular weight is 322 g/mol. The Kier molecular flexibility index (Phi) is 5.41. The Bertz CT molecular complexity index is 649. The third kappa shape index (κ3) is 4.34. The number of carbonyl (C=O) groups excluding carboxylic acids is 1. The molecule has 0 bridgehead atoms. The van der Waals surface area contributed by atoms with Gasteiger partial charge in [0.15, 0.2) is 5.78 Å². The Labute approximate surface area is 130 Å². The minimum atomic E-state index is -0.904. The van der Waals surface area contributed by atoms with Crippen molar-refractivity contribution in [2.75, 3.05) is 12.4 Å². The maximum Gasteiger partial charge on any atom is 0.345 e.